The first-order chi connectivity index (χ1) is 16.5. The second-order valence-corrected chi connectivity index (χ2v) is 10.3. The van der Waals surface area contributed by atoms with Gasteiger partial charge in [0.1, 0.15) is 5.82 Å². The predicted molar refractivity (Wildman–Crippen MR) is 142 cm³/mol. The number of para-hydroxylation sites is 2. The van der Waals surface area contributed by atoms with Crippen molar-refractivity contribution in [1.82, 2.24) is 14.5 Å². The number of nitrogens with zero attached hydrogens (tertiary/aromatic N) is 3. The van der Waals surface area contributed by atoms with Gasteiger partial charge in [0, 0.05) is 21.1 Å². The Kier molecular flexibility index (Phi) is 6.93. The quantitative estimate of drug-likeness (QED) is 0.289. The summed E-state index contributed by atoms with van der Waals surface area (Å²) in [4.78, 5) is 20.1. The Morgan fingerprint density at radius 3 is 2.53 bits per heavy atom. The molecular formula is C26H23BrCl2N4O. The highest BCUT2D eigenvalue weighted by Crippen LogP contribution is 2.29. The van der Waals surface area contributed by atoms with E-state index in [-0.39, 0.29) is 11.8 Å². The van der Waals surface area contributed by atoms with Crippen LogP contribution in [-0.4, -0.2) is 33.4 Å². The van der Waals surface area contributed by atoms with Crippen LogP contribution in [0.2, 0.25) is 10.0 Å². The van der Waals surface area contributed by atoms with Crippen molar-refractivity contribution in [3.05, 3.63) is 87.1 Å². The van der Waals surface area contributed by atoms with Crippen molar-refractivity contribution in [3.63, 3.8) is 0 Å². The fourth-order valence-corrected chi connectivity index (χ4v) is 5.04. The van der Waals surface area contributed by atoms with E-state index in [4.69, 9.17) is 28.2 Å². The van der Waals surface area contributed by atoms with Gasteiger partial charge in [0.25, 0.3) is 0 Å². The lowest BCUT2D eigenvalue weighted by Crippen LogP contribution is -2.38. The first-order valence-electron chi connectivity index (χ1n) is 11.2. The minimum absolute atomic E-state index is 0.00841. The molecule has 5 rings (SSSR count). The monoisotopic (exact) mass is 556 g/mol. The smallest absolute Gasteiger partial charge is 0.227 e. The number of hydrogen-bond acceptors (Lipinski definition) is 3. The number of likely N-dealkylation sites (tertiary alicyclic amines) is 1. The molecule has 3 aromatic carbocycles. The summed E-state index contributed by atoms with van der Waals surface area (Å²) in [7, 11) is 0. The van der Waals surface area contributed by atoms with Gasteiger partial charge >= 0.3 is 0 Å². The van der Waals surface area contributed by atoms with Crippen LogP contribution in [0.4, 0.5) is 5.69 Å². The van der Waals surface area contributed by atoms with E-state index < -0.39 is 0 Å². The molecule has 0 saturated carbocycles. The molecule has 0 atom stereocenters. The van der Waals surface area contributed by atoms with Crippen LogP contribution in [0.1, 0.15) is 18.7 Å². The number of carbonyl (C=O) groups is 1. The van der Waals surface area contributed by atoms with Gasteiger partial charge in [-0.2, -0.15) is 0 Å². The second-order valence-electron chi connectivity index (χ2n) is 8.49. The molecule has 1 N–H and O–H groups in total. The van der Waals surface area contributed by atoms with Crippen LogP contribution < -0.4 is 5.32 Å². The molecule has 1 fully saturated rings. The molecule has 8 heteroatoms. The molecule has 34 heavy (non-hydrogen) atoms. The van der Waals surface area contributed by atoms with E-state index in [1.165, 1.54) is 0 Å². The summed E-state index contributed by atoms with van der Waals surface area (Å²) >= 11 is 15.8. The number of fused-ring (bicyclic) bond motifs is 1. The summed E-state index contributed by atoms with van der Waals surface area (Å²) in [6.45, 7) is 2.37. The lowest BCUT2D eigenvalue weighted by Gasteiger charge is -2.31. The number of carbonyl (C=O) groups excluding carboxylic acids is 1. The zero-order valence-electron chi connectivity index (χ0n) is 18.3. The van der Waals surface area contributed by atoms with Crippen molar-refractivity contribution >= 4 is 61.8 Å². The van der Waals surface area contributed by atoms with E-state index in [1.807, 2.05) is 30.3 Å². The number of aromatic nitrogens is 2. The maximum atomic E-state index is 12.8. The van der Waals surface area contributed by atoms with Gasteiger partial charge in [-0.1, -0.05) is 51.3 Å². The van der Waals surface area contributed by atoms with Gasteiger partial charge in [-0.05, 0) is 80.5 Å². The van der Waals surface area contributed by atoms with E-state index in [0.29, 0.717) is 15.7 Å². The van der Waals surface area contributed by atoms with Crippen molar-refractivity contribution < 1.29 is 4.79 Å². The number of hydrogen-bond donors (Lipinski definition) is 1. The fraction of sp³-hybridized carbons (Fsp3) is 0.231. The molecule has 0 spiro atoms. The van der Waals surface area contributed by atoms with Gasteiger partial charge in [-0.25, -0.2) is 4.98 Å². The van der Waals surface area contributed by atoms with Crippen molar-refractivity contribution in [3.8, 4) is 5.69 Å². The SMILES string of the molecule is O=C(Nc1cc(Cl)ccc1Cl)C1CCN(Cc2nc3ccccc3n2-c2ccc(Br)cc2)CC1. The average molecular weight is 558 g/mol. The van der Waals surface area contributed by atoms with Gasteiger partial charge in [-0.15, -0.1) is 0 Å². The molecule has 1 aromatic heterocycles. The maximum absolute atomic E-state index is 12.8. The van der Waals surface area contributed by atoms with Crippen molar-refractivity contribution in [1.29, 1.82) is 0 Å². The molecule has 0 unspecified atom stereocenters. The van der Waals surface area contributed by atoms with E-state index in [0.717, 1.165) is 59.5 Å². The van der Waals surface area contributed by atoms with Crippen molar-refractivity contribution in [2.75, 3.05) is 18.4 Å². The van der Waals surface area contributed by atoms with Crippen LogP contribution in [0.3, 0.4) is 0 Å². The molecule has 0 aliphatic carbocycles. The normalized spacial score (nSPS) is 15.0. The molecule has 174 valence electrons. The van der Waals surface area contributed by atoms with E-state index in [9.17, 15) is 4.79 Å². The standard InChI is InChI=1S/C26H23BrCl2N4O/c27-18-5-8-20(9-6-18)33-24-4-2-1-3-22(24)30-25(33)16-32-13-11-17(12-14-32)26(34)31-23-15-19(28)7-10-21(23)29/h1-10,15,17H,11-14,16H2,(H,31,34). The summed E-state index contributed by atoms with van der Waals surface area (Å²) < 4.78 is 3.27. The van der Waals surface area contributed by atoms with Crippen molar-refractivity contribution in [2.24, 2.45) is 5.92 Å². The van der Waals surface area contributed by atoms with Gasteiger partial charge in [0.2, 0.25) is 5.91 Å². The first-order valence-corrected chi connectivity index (χ1v) is 12.7. The molecule has 2 heterocycles. The zero-order chi connectivity index (χ0) is 23.7. The molecule has 1 saturated heterocycles. The molecule has 1 amide bonds. The average Bonchev–Trinajstić information content (AvgIpc) is 3.20. The number of amides is 1. The van der Waals surface area contributed by atoms with Gasteiger partial charge < -0.3 is 5.32 Å². The number of imidazole rings is 1. The highest BCUT2D eigenvalue weighted by molar-refractivity contribution is 9.10. The molecule has 4 aromatic rings. The number of halogens is 3. The topological polar surface area (TPSA) is 50.2 Å². The summed E-state index contributed by atoms with van der Waals surface area (Å²) in [5.74, 6) is 0.930. The number of nitrogens with one attached hydrogen (secondary N) is 1. The fourth-order valence-electron chi connectivity index (χ4n) is 4.44. The second kappa shape index (κ2) is 10.1. The number of benzene rings is 3. The Hall–Kier alpha value is -2.38. The van der Waals surface area contributed by atoms with Crippen LogP contribution in [0, 0.1) is 5.92 Å². The van der Waals surface area contributed by atoms with Crippen LogP contribution in [0.5, 0.6) is 0 Å². The first kappa shape index (κ1) is 23.4. The molecule has 0 radical (unpaired) electrons. The predicted octanol–water partition coefficient (Wildman–Crippen LogP) is 6.95. The lowest BCUT2D eigenvalue weighted by atomic mass is 9.96. The van der Waals surface area contributed by atoms with Gasteiger partial charge in [-0.3, -0.25) is 14.3 Å². The van der Waals surface area contributed by atoms with E-state index in [1.54, 1.807) is 18.2 Å². The number of anilines is 1. The molecule has 5 nitrogen and oxygen atoms in total. The third-order valence-electron chi connectivity index (χ3n) is 6.22. The minimum atomic E-state index is -0.0587. The van der Waals surface area contributed by atoms with Crippen LogP contribution >= 0.6 is 39.1 Å². The van der Waals surface area contributed by atoms with E-state index in [2.05, 4.69) is 48.9 Å². The van der Waals surface area contributed by atoms with Crippen molar-refractivity contribution in [2.45, 2.75) is 19.4 Å². The highest BCUT2D eigenvalue weighted by atomic mass is 79.9. The van der Waals surface area contributed by atoms with Crippen LogP contribution in [-0.2, 0) is 11.3 Å². The summed E-state index contributed by atoms with van der Waals surface area (Å²) in [6, 6.07) is 21.6. The summed E-state index contributed by atoms with van der Waals surface area (Å²) in [5.41, 5.74) is 3.71. The largest absolute Gasteiger partial charge is 0.324 e. The molecule has 1 aliphatic heterocycles. The zero-order valence-corrected chi connectivity index (χ0v) is 21.4. The Morgan fingerprint density at radius 1 is 1.03 bits per heavy atom. The molecular weight excluding hydrogens is 535 g/mol. The minimum Gasteiger partial charge on any atom is -0.324 e. The van der Waals surface area contributed by atoms with Gasteiger partial charge in [0.15, 0.2) is 0 Å². The van der Waals surface area contributed by atoms with E-state index >= 15 is 0 Å². The Bertz CT molecular complexity index is 1330. The Balaban J connectivity index is 1.29. The third kappa shape index (κ3) is 5.01. The van der Waals surface area contributed by atoms with Gasteiger partial charge in [0.05, 0.1) is 28.3 Å². The number of piperidine rings is 1. The summed E-state index contributed by atoms with van der Waals surface area (Å²) in [5, 5.41) is 3.98. The maximum Gasteiger partial charge on any atom is 0.227 e. The highest BCUT2D eigenvalue weighted by Gasteiger charge is 2.26. The van der Waals surface area contributed by atoms with Crippen LogP contribution in [0.25, 0.3) is 16.7 Å². The summed E-state index contributed by atoms with van der Waals surface area (Å²) in [6.07, 6.45) is 1.56. The third-order valence-corrected chi connectivity index (χ3v) is 7.32. The molecule has 0 bridgehead atoms. The molecule has 1 aliphatic rings. The van der Waals surface area contributed by atoms with Crippen LogP contribution in [0.15, 0.2) is 71.2 Å². The lowest BCUT2D eigenvalue weighted by molar-refractivity contribution is -0.121. The Labute approximate surface area is 216 Å². The Morgan fingerprint density at radius 2 is 1.76 bits per heavy atom. The number of rotatable bonds is 5.